The van der Waals surface area contributed by atoms with Gasteiger partial charge in [-0.1, -0.05) is 30.3 Å². The van der Waals surface area contributed by atoms with E-state index in [1.54, 1.807) is 6.92 Å². The highest BCUT2D eigenvalue weighted by molar-refractivity contribution is 8.14. The van der Waals surface area contributed by atoms with E-state index in [0.29, 0.717) is 6.54 Å². The van der Waals surface area contributed by atoms with Gasteiger partial charge in [0.2, 0.25) is 0 Å². The minimum absolute atomic E-state index is 0.0500. The molecule has 2 N–H and O–H groups in total. The maximum atomic E-state index is 15.0. The second kappa shape index (κ2) is 8.81. The monoisotopic (exact) mass is 384 g/mol. The molecular weight excluding hydrogens is 363 g/mol. The lowest BCUT2D eigenvalue weighted by molar-refractivity contribution is -0.171. The van der Waals surface area contributed by atoms with Gasteiger partial charge in [-0.3, -0.25) is 0 Å². The second-order valence-corrected chi connectivity index (χ2v) is 6.90. The number of benzene rings is 1. The normalized spacial score (nSPS) is 30.4. The van der Waals surface area contributed by atoms with Gasteiger partial charge in [-0.15, -0.1) is 0 Å². The van der Waals surface area contributed by atoms with Gasteiger partial charge in [0.15, 0.2) is 6.17 Å². The number of thioether (sulfide) groups is 1. The Bertz CT molecular complexity index is 647. The average molecular weight is 384 g/mol. The number of aliphatic hydroxyl groups is 1. The molecule has 2 heterocycles. The lowest BCUT2D eigenvalue weighted by atomic mass is 9.99. The highest BCUT2D eigenvalue weighted by Gasteiger charge is 2.51. The summed E-state index contributed by atoms with van der Waals surface area (Å²) in [5.74, 6) is 0. The molecule has 1 aromatic rings. The lowest BCUT2D eigenvalue weighted by Gasteiger charge is -2.38. The number of alkyl carbamates (subject to hydrolysis) is 1. The third-order valence-electron chi connectivity index (χ3n) is 4.03. The number of carbonyl (C=O) groups is 1. The van der Waals surface area contributed by atoms with Gasteiger partial charge in [0.05, 0.1) is 13.2 Å². The number of fused-ring (bicyclic) bond motifs is 1. The van der Waals surface area contributed by atoms with E-state index >= 15 is 4.39 Å². The number of hydrogen-bond donors (Lipinski definition) is 2. The minimum Gasteiger partial charge on any atom is -0.394 e. The van der Waals surface area contributed by atoms with Crippen LogP contribution in [0.4, 0.5) is 9.18 Å². The molecule has 7 nitrogen and oxygen atoms in total. The van der Waals surface area contributed by atoms with E-state index in [1.807, 2.05) is 30.3 Å². The first-order valence-corrected chi connectivity index (χ1v) is 9.26. The van der Waals surface area contributed by atoms with Gasteiger partial charge in [0.25, 0.3) is 5.23 Å². The molecule has 1 saturated heterocycles. The molecule has 0 spiro atoms. The Morgan fingerprint density at radius 2 is 2.19 bits per heavy atom. The van der Waals surface area contributed by atoms with E-state index in [4.69, 9.17) is 14.2 Å². The molecule has 0 radical (unpaired) electrons. The summed E-state index contributed by atoms with van der Waals surface area (Å²) in [6.45, 7) is 1.98. The Labute approximate surface area is 154 Å². The number of halogens is 1. The second-order valence-electron chi connectivity index (χ2n) is 5.85. The molecule has 2 aliphatic heterocycles. The number of alkyl halides is 1. The fraction of sp³-hybridized carbons (Fsp3) is 0.529. The van der Waals surface area contributed by atoms with E-state index in [1.165, 1.54) is 0 Å². The summed E-state index contributed by atoms with van der Waals surface area (Å²) in [4.78, 5) is 15.6. The fourth-order valence-electron chi connectivity index (χ4n) is 2.78. The van der Waals surface area contributed by atoms with Crippen molar-refractivity contribution in [3.8, 4) is 0 Å². The number of rotatable bonds is 5. The predicted molar refractivity (Wildman–Crippen MR) is 94.6 cm³/mol. The molecule has 26 heavy (non-hydrogen) atoms. The first-order chi connectivity index (χ1) is 12.6. The number of nitrogens with zero attached hydrogens (tertiary/aromatic N) is 1. The van der Waals surface area contributed by atoms with E-state index in [0.717, 1.165) is 17.3 Å². The summed E-state index contributed by atoms with van der Waals surface area (Å²) in [5.41, 5.74) is 0.228. The number of aliphatic imine (C=N–C) groups is 1. The highest BCUT2D eigenvalue weighted by Crippen LogP contribution is 2.39. The first-order valence-electron chi connectivity index (χ1n) is 8.38. The Morgan fingerprint density at radius 3 is 2.88 bits per heavy atom. The van der Waals surface area contributed by atoms with Crippen LogP contribution in [0, 0.1) is 0 Å². The molecule has 9 heteroatoms. The number of hydrogen-bond acceptors (Lipinski definition) is 7. The summed E-state index contributed by atoms with van der Waals surface area (Å²) in [6.07, 6.45) is -3.92. The molecule has 3 rings (SSSR count). The Balaban J connectivity index is 1.65. The number of nitrogens with one attached hydrogen (secondary N) is 1. The van der Waals surface area contributed by atoms with Crippen LogP contribution in [0.5, 0.6) is 0 Å². The molecular formula is C17H21FN2O5S. The van der Waals surface area contributed by atoms with Crippen LogP contribution in [0.15, 0.2) is 35.3 Å². The van der Waals surface area contributed by atoms with Crippen LogP contribution in [0.3, 0.4) is 0 Å². The topological polar surface area (TPSA) is 89.4 Å². The summed E-state index contributed by atoms with van der Waals surface area (Å²) in [6, 6.07) is 8.50. The van der Waals surface area contributed by atoms with Crippen molar-refractivity contribution in [3.63, 3.8) is 0 Å². The summed E-state index contributed by atoms with van der Waals surface area (Å²) < 4.78 is 31.5. The van der Waals surface area contributed by atoms with Crippen molar-refractivity contribution in [2.45, 2.75) is 43.4 Å². The molecule has 142 valence electrons. The zero-order chi connectivity index (χ0) is 18.5. The smallest absolute Gasteiger partial charge is 0.394 e. The molecule has 1 fully saturated rings. The van der Waals surface area contributed by atoms with Crippen LogP contribution in [-0.2, 0) is 20.8 Å². The molecule has 0 unspecified atom stereocenters. The number of ether oxygens (including phenoxy) is 3. The zero-order valence-corrected chi connectivity index (χ0v) is 15.0. The maximum absolute atomic E-state index is 15.0. The predicted octanol–water partition coefficient (Wildman–Crippen LogP) is 1.84. The van der Waals surface area contributed by atoms with E-state index in [2.05, 4.69) is 10.3 Å². The molecule has 0 aliphatic carbocycles. The van der Waals surface area contributed by atoms with E-state index < -0.39 is 36.0 Å². The standard InChI is InChI=1S/C17H21FN2O5S/c1-2-19-16(22)25-17-20-13-12(18)14(11(8-21)24-15(13)26-17)23-9-10-6-4-3-5-7-10/h3-7,11-15,21H,2,8-9H2,1H3,(H,19,22)/t11-,12-,13-,14-,15-/m1/s1. The lowest BCUT2D eigenvalue weighted by Crippen LogP contribution is -2.55. The highest BCUT2D eigenvalue weighted by atomic mass is 32.2. The van der Waals surface area contributed by atoms with Gasteiger partial charge >= 0.3 is 6.09 Å². The van der Waals surface area contributed by atoms with Gasteiger partial charge in [-0.25, -0.2) is 14.2 Å². The number of amides is 1. The van der Waals surface area contributed by atoms with Crippen molar-refractivity contribution in [2.24, 2.45) is 4.99 Å². The van der Waals surface area contributed by atoms with Crippen LogP contribution < -0.4 is 5.32 Å². The summed E-state index contributed by atoms with van der Waals surface area (Å²) in [5, 5.41) is 12.1. The summed E-state index contributed by atoms with van der Waals surface area (Å²) >= 11 is 1.03. The van der Waals surface area contributed by atoms with Crippen molar-refractivity contribution in [3.05, 3.63) is 35.9 Å². The van der Waals surface area contributed by atoms with E-state index in [-0.39, 0.29) is 18.4 Å². The summed E-state index contributed by atoms with van der Waals surface area (Å²) in [7, 11) is 0. The van der Waals surface area contributed by atoms with Crippen molar-refractivity contribution in [1.82, 2.24) is 5.32 Å². The van der Waals surface area contributed by atoms with Gasteiger partial charge in [-0.05, 0) is 24.2 Å². The van der Waals surface area contributed by atoms with Gasteiger partial charge in [0.1, 0.15) is 23.7 Å². The molecule has 0 aromatic heterocycles. The van der Waals surface area contributed by atoms with Crippen LogP contribution in [0.2, 0.25) is 0 Å². The minimum atomic E-state index is -1.49. The van der Waals surface area contributed by atoms with Gasteiger partial charge in [0, 0.05) is 6.54 Å². The first kappa shape index (κ1) is 19.1. The van der Waals surface area contributed by atoms with E-state index in [9.17, 15) is 9.90 Å². The van der Waals surface area contributed by atoms with Crippen LogP contribution in [0.25, 0.3) is 0 Å². The average Bonchev–Trinajstić information content (AvgIpc) is 3.04. The molecule has 5 atom stereocenters. The largest absolute Gasteiger partial charge is 0.414 e. The maximum Gasteiger partial charge on any atom is 0.414 e. The molecule has 0 saturated carbocycles. The third-order valence-corrected chi connectivity index (χ3v) is 5.04. The fourth-order valence-corrected chi connectivity index (χ4v) is 3.84. The van der Waals surface area contributed by atoms with Gasteiger partial charge < -0.3 is 24.6 Å². The van der Waals surface area contributed by atoms with Crippen LogP contribution >= 0.6 is 11.8 Å². The zero-order valence-electron chi connectivity index (χ0n) is 14.2. The van der Waals surface area contributed by atoms with Crippen molar-refractivity contribution < 1.29 is 28.5 Å². The number of carbonyl (C=O) groups excluding carboxylic acids is 1. The Morgan fingerprint density at radius 1 is 1.42 bits per heavy atom. The molecule has 1 amide bonds. The third kappa shape index (κ3) is 4.35. The molecule has 1 aromatic carbocycles. The van der Waals surface area contributed by atoms with Gasteiger partial charge in [-0.2, -0.15) is 0 Å². The number of aliphatic hydroxyl groups excluding tert-OH is 1. The SMILES string of the molecule is CCNC(=O)OC1=N[C@@H]2[C@@H](F)[C@H](OCc3ccccc3)[C@@H](CO)O[C@@H]2S1. The quantitative estimate of drug-likeness (QED) is 0.805. The van der Waals surface area contributed by atoms with Crippen LogP contribution in [-0.4, -0.2) is 59.4 Å². The molecule has 0 bridgehead atoms. The molecule has 2 aliphatic rings. The Kier molecular flexibility index (Phi) is 6.47. The van der Waals surface area contributed by atoms with Crippen molar-refractivity contribution in [1.29, 1.82) is 0 Å². The van der Waals surface area contributed by atoms with Crippen molar-refractivity contribution in [2.75, 3.05) is 13.2 Å². The van der Waals surface area contributed by atoms with Crippen LogP contribution in [0.1, 0.15) is 12.5 Å². The van der Waals surface area contributed by atoms with Crippen molar-refractivity contribution >= 4 is 23.1 Å². The Hall–Kier alpha value is -1.68.